The maximum atomic E-state index is 12.5. The Morgan fingerprint density at radius 3 is 2.81 bits per heavy atom. The molecule has 0 N–H and O–H groups in total. The number of hydrogen-bond donors (Lipinski definition) is 0. The Balaban J connectivity index is 1.90. The highest BCUT2D eigenvalue weighted by Gasteiger charge is 2.15. The van der Waals surface area contributed by atoms with Crippen LogP contribution in [0, 0.1) is 6.92 Å². The van der Waals surface area contributed by atoms with Gasteiger partial charge in [-0.3, -0.25) is 4.79 Å². The number of aryl methyl sites for hydroxylation is 1. The van der Waals surface area contributed by atoms with E-state index in [-0.39, 0.29) is 5.78 Å². The van der Waals surface area contributed by atoms with E-state index in [0.29, 0.717) is 17.7 Å². The van der Waals surface area contributed by atoms with Crippen molar-refractivity contribution in [1.29, 1.82) is 0 Å². The summed E-state index contributed by atoms with van der Waals surface area (Å²) in [7, 11) is 1.58. The number of Topliss-reactive ketones (excluding diaryl/α,β-unsaturated/α-hetero) is 1. The largest absolute Gasteiger partial charge is 0.496 e. The molecule has 106 valence electrons. The first-order chi connectivity index (χ1) is 10.2. The lowest BCUT2D eigenvalue weighted by Crippen LogP contribution is -2.06. The van der Waals surface area contributed by atoms with Crippen LogP contribution in [0.25, 0.3) is 10.2 Å². The first-order valence-corrected chi connectivity index (χ1v) is 7.51. The average Bonchev–Trinajstić information content (AvgIpc) is 2.89. The zero-order valence-electron chi connectivity index (χ0n) is 11.9. The molecule has 0 aliphatic carbocycles. The maximum Gasteiger partial charge on any atom is 0.173 e. The molecule has 0 saturated heterocycles. The summed E-state index contributed by atoms with van der Waals surface area (Å²) in [6.45, 7) is 1.97. The molecule has 1 aromatic heterocycles. The molecule has 0 radical (unpaired) electrons. The summed E-state index contributed by atoms with van der Waals surface area (Å²) in [5.41, 5.74) is 2.61. The molecule has 0 fully saturated rings. The fourth-order valence-corrected chi connectivity index (χ4v) is 3.23. The average molecular weight is 297 g/mol. The van der Waals surface area contributed by atoms with Gasteiger partial charge in [0, 0.05) is 0 Å². The van der Waals surface area contributed by atoms with E-state index in [4.69, 9.17) is 4.74 Å². The van der Waals surface area contributed by atoms with Gasteiger partial charge in [0.1, 0.15) is 10.8 Å². The molecule has 0 atom stereocenters. The quantitative estimate of drug-likeness (QED) is 0.682. The summed E-state index contributed by atoms with van der Waals surface area (Å²) >= 11 is 1.57. The zero-order chi connectivity index (χ0) is 14.8. The highest BCUT2D eigenvalue weighted by atomic mass is 32.1. The van der Waals surface area contributed by atoms with Crippen LogP contribution in [0.3, 0.4) is 0 Å². The molecule has 3 nitrogen and oxygen atoms in total. The lowest BCUT2D eigenvalue weighted by Gasteiger charge is -2.07. The standard InChI is InChI=1S/C17H15NO2S/c1-11-7-8-15(20-2)12(9-11)14(19)10-17-18-13-5-3-4-6-16(13)21-17/h3-9H,10H2,1-2H3. The minimum atomic E-state index is 0.0367. The number of fused-ring (bicyclic) bond motifs is 1. The van der Waals surface area contributed by atoms with Gasteiger partial charge >= 0.3 is 0 Å². The third-order valence-electron chi connectivity index (χ3n) is 3.31. The summed E-state index contributed by atoms with van der Waals surface area (Å²) in [6, 6.07) is 13.6. The van der Waals surface area contributed by atoms with Gasteiger partial charge in [-0.05, 0) is 31.2 Å². The maximum absolute atomic E-state index is 12.5. The summed E-state index contributed by atoms with van der Waals surface area (Å²) in [4.78, 5) is 17.0. The number of ether oxygens (including phenoxy) is 1. The van der Waals surface area contributed by atoms with Crippen molar-refractivity contribution in [2.75, 3.05) is 7.11 Å². The second kappa shape index (κ2) is 5.66. The van der Waals surface area contributed by atoms with Crippen LogP contribution in [-0.2, 0) is 6.42 Å². The minimum absolute atomic E-state index is 0.0367. The van der Waals surface area contributed by atoms with E-state index in [9.17, 15) is 4.79 Å². The van der Waals surface area contributed by atoms with E-state index in [1.54, 1.807) is 18.4 Å². The van der Waals surface area contributed by atoms with Gasteiger partial charge in [0.05, 0.1) is 29.3 Å². The minimum Gasteiger partial charge on any atom is -0.496 e. The van der Waals surface area contributed by atoms with Gasteiger partial charge in [-0.1, -0.05) is 23.8 Å². The zero-order valence-corrected chi connectivity index (χ0v) is 12.7. The van der Waals surface area contributed by atoms with Crippen molar-refractivity contribution in [3.63, 3.8) is 0 Å². The van der Waals surface area contributed by atoms with E-state index in [1.807, 2.05) is 49.4 Å². The summed E-state index contributed by atoms with van der Waals surface area (Å²) in [6.07, 6.45) is 0.305. The van der Waals surface area contributed by atoms with Gasteiger partial charge in [-0.25, -0.2) is 4.98 Å². The van der Waals surface area contributed by atoms with E-state index in [2.05, 4.69) is 4.98 Å². The van der Waals surface area contributed by atoms with Gasteiger partial charge in [-0.2, -0.15) is 0 Å². The van der Waals surface area contributed by atoms with E-state index in [0.717, 1.165) is 20.8 Å². The van der Waals surface area contributed by atoms with Crippen molar-refractivity contribution >= 4 is 27.3 Å². The monoisotopic (exact) mass is 297 g/mol. The molecule has 0 spiro atoms. The van der Waals surface area contributed by atoms with Gasteiger partial charge in [-0.15, -0.1) is 11.3 Å². The second-order valence-electron chi connectivity index (χ2n) is 4.88. The number of para-hydroxylation sites is 1. The normalized spacial score (nSPS) is 10.8. The number of thiazole rings is 1. The number of carbonyl (C=O) groups excluding carboxylic acids is 1. The lowest BCUT2D eigenvalue weighted by atomic mass is 10.0. The molecule has 0 amide bonds. The van der Waals surface area contributed by atoms with Crippen LogP contribution < -0.4 is 4.74 Å². The van der Waals surface area contributed by atoms with Crippen molar-refractivity contribution in [2.24, 2.45) is 0 Å². The summed E-state index contributed by atoms with van der Waals surface area (Å²) in [5.74, 6) is 0.654. The molecule has 1 heterocycles. The van der Waals surface area contributed by atoms with E-state index in [1.165, 1.54) is 0 Å². The molecule has 21 heavy (non-hydrogen) atoms. The fraction of sp³-hybridized carbons (Fsp3) is 0.176. The van der Waals surface area contributed by atoms with Crippen LogP contribution in [0.2, 0.25) is 0 Å². The number of nitrogens with zero attached hydrogens (tertiary/aromatic N) is 1. The number of carbonyl (C=O) groups is 1. The highest BCUT2D eigenvalue weighted by Crippen LogP contribution is 2.25. The third-order valence-corrected chi connectivity index (χ3v) is 4.34. The SMILES string of the molecule is COc1ccc(C)cc1C(=O)Cc1nc2ccccc2s1. The number of benzene rings is 2. The molecular weight excluding hydrogens is 282 g/mol. The number of methoxy groups -OCH3 is 1. The van der Waals surface area contributed by atoms with Crippen molar-refractivity contribution < 1.29 is 9.53 Å². The Hall–Kier alpha value is -2.20. The number of hydrogen-bond acceptors (Lipinski definition) is 4. The second-order valence-corrected chi connectivity index (χ2v) is 5.99. The van der Waals surface area contributed by atoms with Crippen LogP contribution in [0.15, 0.2) is 42.5 Å². The Kier molecular flexibility index (Phi) is 3.71. The Morgan fingerprint density at radius 2 is 2.05 bits per heavy atom. The molecule has 2 aromatic carbocycles. The molecule has 4 heteroatoms. The highest BCUT2D eigenvalue weighted by molar-refractivity contribution is 7.18. The smallest absolute Gasteiger partial charge is 0.173 e. The first-order valence-electron chi connectivity index (χ1n) is 6.69. The van der Waals surface area contributed by atoms with Gasteiger partial charge in [0.25, 0.3) is 0 Å². The first kappa shape index (κ1) is 13.8. The van der Waals surface area contributed by atoms with E-state index < -0.39 is 0 Å². The van der Waals surface area contributed by atoms with Crippen LogP contribution >= 0.6 is 11.3 Å². The predicted octanol–water partition coefficient (Wildman–Crippen LogP) is 4.04. The molecule has 0 bridgehead atoms. The fourth-order valence-electron chi connectivity index (χ4n) is 2.27. The van der Waals surface area contributed by atoms with Gasteiger partial charge in [0.15, 0.2) is 5.78 Å². The van der Waals surface area contributed by atoms with Gasteiger partial charge in [0.2, 0.25) is 0 Å². The van der Waals surface area contributed by atoms with Crippen LogP contribution in [0.4, 0.5) is 0 Å². The van der Waals surface area contributed by atoms with Crippen molar-refractivity contribution in [3.05, 3.63) is 58.6 Å². The molecule has 3 rings (SSSR count). The Bertz CT molecular complexity index is 774. The van der Waals surface area contributed by atoms with Crippen molar-refractivity contribution in [1.82, 2.24) is 4.98 Å². The van der Waals surface area contributed by atoms with Crippen LogP contribution in [0.5, 0.6) is 5.75 Å². The number of ketones is 1. The number of aromatic nitrogens is 1. The molecule has 0 unspecified atom stereocenters. The molecular formula is C17H15NO2S. The predicted molar refractivity (Wildman–Crippen MR) is 85.4 cm³/mol. The molecule has 0 aliphatic rings. The molecule has 3 aromatic rings. The molecule has 0 saturated carbocycles. The Labute approximate surface area is 127 Å². The van der Waals surface area contributed by atoms with Crippen molar-refractivity contribution in [2.45, 2.75) is 13.3 Å². The molecule has 0 aliphatic heterocycles. The summed E-state index contributed by atoms with van der Waals surface area (Å²) < 4.78 is 6.39. The van der Waals surface area contributed by atoms with Gasteiger partial charge < -0.3 is 4.74 Å². The topological polar surface area (TPSA) is 39.2 Å². The van der Waals surface area contributed by atoms with Crippen LogP contribution in [0.1, 0.15) is 20.9 Å². The van der Waals surface area contributed by atoms with Crippen molar-refractivity contribution in [3.8, 4) is 5.75 Å². The van der Waals surface area contributed by atoms with Crippen LogP contribution in [-0.4, -0.2) is 17.9 Å². The Morgan fingerprint density at radius 1 is 1.24 bits per heavy atom. The lowest BCUT2D eigenvalue weighted by molar-refractivity contribution is 0.0990. The third kappa shape index (κ3) is 2.81. The number of rotatable bonds is 4. The summed E-state index contributed by atoms with van der Waals surface area (Å²) in [5, 5.41) is 0.838. The van der Waals surface area contributed by atoms with E-state index >= 15 is 0 Å².